The highest BCUT2D eigenvalue weighted by atomic mass is 127. The van der Waals surface area contributed by atoms with Crippen molar-refractivity contribution < 1.29 is 0 Å². The monoisotopic (exact) mass is 571 g/mol. The van der Waals surface area contributed by atoms with E-state index in [1.54, 1.807) is 0 Å². The number of benzene rings is 3. The van der Waals surface area contributed by atoms with Gasteiger partial charge in [0.2, 0.25) is 0 Å². The Bertz CT molecular complexity index is 747. The summed E-state index contributed by atoms with van der Waals surface area (Å²) in [5, 5.41) is 0. The SMILES string of the molecule is CCCCc1ccc([S+](c2ccc(I)cc2)c2ccc(I)cc2)cc1. The Hall–Kier alpha value is -0.530. The number of unbranched alkanes of at least 4 members (excludes halogenated alkanes) is 1. The molecule has 0 unspecified atom stereocenters. The third-order valence-corrected chi connectivity index (χ3v) is 7.75. The maximum atomic E-state index is 2.37. The number of hydrogen-bond donors (Lipinski definition) is 0. The fourth-order valence-electron chi connectivity index (χ4n) is 2.72. The maximum absolute atomic E-state index is 2.37. The van der Waals surface area contributed by atoms with Gasteiger partial charge in [0.15, 0.2) is 14.7 Å². The molecule has 0 fully saturated rings. The van der Waals surface area contributed by atoms with Crippen LogP contribution in [0.5, 0.6) is 0 Å². The molecule has 0 spiro atoms. The molecule has 128 valence electrons. The van der Waals surface area contributed by atoms with E-state index in [0.717, 1.165) is 0 Å². The van der Waals surface area contributed by atoms with Crippen molar-refractivity contribution in [3.63, 3.8) is 0 Å². The first-order chi connectivity index (χ1) is 12.2. The normalized spacial score (nSPS) is 11.0. The quantitative estimate of drug-likeness (QED) is 0.215. The second-order valence-corrected chi connectivity index (χ2v) is 10.5. The van der Waals surface area contributed by atoms with Gasteiger partial charge in [-0.15, -0.1) is 0 Å². The van der Waals surface area contributed by atoms with E-state index >= 15 is 0 Å². The third kappa shape index (κ3) is 5.23. The van der Waals surface area contributed by atoms with Gasteiger partial charge in [0.05, 0.1) is 10.9 Å². The Labute approximate surface area is 181 Å². The molecule has 0 aliphatic carbocycles. The molecule has 0 bridgehead atoms. The zero-order chi connectivity index (χ0) is 17.6. The Morgan fingerprint density at radius 3 is 1.44 bits per heavy atom. The molecule has 0 aliphatic rings. The van der Waals surface area contributed by atoms with Crippen molar-refractivity contribution >= 4 is 56.1 Å². The lowest BCUT2D eigenvalue weighted by atomic mass is 10.1. The molecule has 25 heavy (non-hydrogen) atoms. The third-order valence-electron chi connectivity index (χ3n) is 4.08. The van der Waals surface area contributed by atoms with Crippen LogP contribution in [0.15, 0.2) is 87.5 Å². The van der Waals surface area contributed by atoms with Crippen molar-refractivity contribution in [2.75, 3.05) is 0 Å². The highest BCUT2D eigenvalue weighted by Crippen LogP contribution is 2.32. The van der Waals surface area contributed by atoms with Gasteiger partial charge in [-0.2, -0.15) is 0 Å². The van der Waals surface area contributed by atoms with Gasteiger partial charge in [-0.3, -0.25) is 0 Å². The van der Waals surface area contributed by atoms with E-state index in [-0.39, 0.29) is 10.9 Å². The molecule has 0 heterocycles. The number of halogens is 2. The largest absolute Gasteiger partial charge is 0.166 e. The summed E-state index contributed by atoms with van der Waals surface area (Å²) in [6, 6.07) is 27.2. The predicted octanol–water partition coefficient (Wildman–Crippen LogP) is 7.33. The molecule has 3 heteroatoms. The van der Waals surface area contributed by atoms with Crippen LogP contribution in [0.4, 0.5) is 0 Å². The summed E-state index contributed by atoms with van der Waals surface area (Å²) in [5.74, 6) is 0. The van der Waals surface area contributed by atoms with Crippen LogP contribution in [0.2, 0.25) is 0 Å². The highest BCUT2D eigenvalue weighted by molar-refractivity contribution is 14.1. The topological polar surface area (TPSA) is 0 Å². The fraction of sp³-hybridized carbons (Fsp3) is 0.182. The van der Waals surface area contributed by atoms with Crippen LogP contribution in [0, 0.1) is 7.14 Å². The summed E-state index contributed by atoms with van der Waals surface area (Å²) in [5.41, 5.74) is 1.44. The zero-order valence-electron chi connectivity index (χ0n) is 14.2. The molecular weight excluding hydrogens is 550 g/mol. The van der Waals surface area contributed by atoms with Crippen molar-refractivity contribution in [2.24, 2.45) is 0 Å². The first-order valence-electron chi connectivity index (χ1n) is 8.52. The first-order valence-corrected chi connectivity index (χ1v) is 11.9. The molecule has 0 radical (unpaired) electrons. The molecular formula is C22H21I2S+. The molecule has 3 aromatic carbocycles. The van der Waals surface area contributed by atoms with Crippen LogP contribution in [0.3, 0.4) is 0 Å². The van der Waals surface area contributed by atoms with Gasteiger partial charge in [-0.25, -0.2) is 0 Å². The molecule has 0 nitrogen and oxygen atoms in total. The average molecular weight is 571 g/mol. The van der Waals surface area contributed by atoms with Gasteiger partial charge in [-0.1, -0.05) is 25.5 Å². The lowest BCUT2D eigenvalue weighted by Gasteiger charge is -2.09. The Morgan fingerprint density at radius 1 is 0.640 bits per heavy atom. The van der Waals surface area contributed by atoms with E-state index in [0.29, 0.717) is 0 Å². The van der Waals surface area contributed by atoms with E-state index in [1.165, 1.54) is 46.7 Å². The van der Waals surface area contributed by atoms with E-state index in [2.05, 4.69) is 125 Å². The van der Waals surface area contributed by atoms with E-state index in [1.807, 2.05) is 0 Å². The minimum absolute atomic E-state index is 0.0518. The molecule has 0 aromatic heterocycles. The number of aryl methyl sites for hydroxylation is 1. The molecule has 0 saturated carbocycles. The van der Waals surface area contributed by atoms with Crippen molar-refractivity contribution in [1.82, 2.24) is 0 Å². The summed E-state index contributed by atoms with van der Waals surface area (Å²) in [6.45, 7) is 2.25. The van der Waals surface area contributed by atoms with Crippen molar-refractivity contribution in [3.05, 3.63) is 85.5 Å². The van der Waals surface area contributed by atoms with Crippen molar-refractivity contribution in [3.8, 4) is 0 Å². The number of rotatable bonds is 6. The lowest BCUT2D eigenvalue weighted by Crippen LogP contribution is -2.05. The van der Waals surface area contributed by atoms with Gasteiger partial charge in [0.1, 0.15) is 0 Å². The summed E-state index contributed by atoms with van der Waals surface area (Å²) in [4.78, 5) is 4.15. The second-order valence-electron chi connectivity index (χ2n) is 5.96. The molecule has 3 rings (SSSR count). The molecule has 3 aromatic rings. The van der Waals surface area contributed by atoms with Crippen molar-refractivity contribution in [2.45, 2.75) is 40.9 Å². The van der Waals surface area contributed by atoms with Crippen LogP contribution in [-0.4, -0.2) is 0 Å². The summed E-state index contributed by atoms with van der Waals surface area (Å²) in [7, 11) is -0.0518. The van der Waals surface area contributed by atoms with Crippen LogP contribution in [0.1, 0.15) is 25.3 Å². The molecule has 0 atom stereocenters. The van der Waals surface area contributed by atoms with Crippen LogP contribution < -0.4 is 0 Å². The van der Waals surface area contributed by atoms with E-state index in [4.69, 9.17) is 0 Å². The molecule has 0 aliphatic heterocycles. The second kappa shape index (κ2) is 9.42. The van der Waals surface area contributed by atoms with Crippen LogP contribution >= 0.6 is 45.2 Å². The van der Waals surface area contributed by atoms with Crippen LogP contribution in [0.25, 0.3) is 0 Å². The predicted molar refractivity (Wildman–Crippen MR) is 126 cm³/mol. The minimum atomic E-state index is -0.0518. The maximum Gasteiger partial charge on any atom is 0.166 e. The van der Waals surface area contributed by atoms with Gasteiger partial charge in [-0.05, 0) is 124 Å². The molecule has 0 saturated heterocycles. The molecule has 0 N–H and O–H groups in total. The van der Waals surface area contributed by atoms with Gasteiger partial charge in [0.25, 0.3) is 0 Å². The van der Waals surface area contributed by atoms with Crippen molar-refractivity contribution in [1.29, 1.82) is 0 Å². The van der Waals surface area contributed by atoms with E-state index in [9.17, 15) is 0 Å². The minimum Gasteiger partial charge on any atom is -0.0654 e. The van der Waals surface area contributed by atoms with Gasteiger partial charge < -0.3 is 0 Å². The molecule has 0 amide bonds. The fourth-order valence-corrected chi connectivity index (χ4v) is 5.48. The average Bonchev–Trinajstić information content (AvgIpc) is 2.64. The smallest absolute Gasteiger partial charge is 0.0654 e. The Morgan fingerprint density at radius 2 is 1.04 bits per heavy atom. The van der Waals surface area contributed by atoms with Crippen LogP contribution in [-0.2, 0) is 17.3 Å². The lowest BCUT2D eigenvalue weighted by molar-refractivity contribution is 0.794. The highest BCUT2D eigenvalue weighted by Gasteiger charge is 2.28. The van der Waals surface area contributed by atoms with E-state index < -0.39 is 0 Å². The van der Waals surface area contributed by atoms with Gasteiger partial charge >= 0.3 is 0 Å². The standard InChI is InChI=1S/C22H21I2S/c1-2-3-4-17-5-11-20(12-6-17)25(21-13-7-18(23)8-14-21)22-15-9-19(24)10-16-22/h5-16H,2-4H2,1H3/q+1. The first kappa shape index (κ1) is 19.2. The zero-order valence-corrected chi connectivity index (χ0v) is 19.3. The summed E-state index contributed by atoms with van der Waals surface area (Å²) in [6.07, 6.45) is 3.69. The summed E-state index contributed by atoms with van der Waals surface area (Å²) >= 11 is 4.75. The van der Waals surface area contributed by atoms with Gasteiger partial charge in [0, 0.05) is 7.14 Å². The summed E-state index contributed by atoms with van der Waals surface area (Å²) < 4.78 is 2.56. The number of hydrogen-bond acceptors (Lipinski definition) is 0. The Kier molecular flexibility index (Phi) is 7.25. The Balaban J connectivity index is 1.98.